The molecule has 0 radical (unpaired) electrons. The summed E-state index contributed by atoms with van der Waals surface area (Å²) in [6.07, 6.45) is 0. The summed E-state index contributed by atoms with van der Waals surface area (Å²) in [4.78, 5) is 17.9. The van der Waals surface area contributed by atoms with Crippen molar-refractivity contribution >= 4 is 11.6 Å². The van der Waals surface area contributed by atoms with Crippen molar-refractivity contribution in [1.82, 2.24) is 4.90 Å². The van der Waals surface area contributed by atoms with Gasteiger partial charge in [0.2, 0.25) is 0 Å². The van der Waals surface area contributed by atoms with Gasteiger partial charge in [-0.15, -0.1) is 0 Å². The van der Waals surface area contributed by atoms with Crippen LogP contribution in [0.15, 0.2) is 42.5 Å². The minimum Gasteiger partial charge on any atom is -0.497 e. The Balaban J connectivity index is 1.48. The van der Waals surface area contributed by atoms with Gasteiger partial charge in [0.15, 0.2) is 18.1 Å². The summed E-state index contributed by atoms with van der Waals surface area (Å²) in [5.41, 5.74) is 1.99. The van der Waals surface area contributed by atoms with Gasteiger partial charge in [-0.1, -0.05) is 0 Å². The Labute approximate surface area is 171 Å². The third-order valence-corrected chi connectivity index (χ3v) is 5.25. The number of piperazine rings is 1. The lowest BCUT2D eigenvalue weighted by molar-refractivity contribution is -0.885. The number of rotatable bonds is 7. The Morgan fingerprint density at radius 1 is 1.03 bits per heavy atom. The summed E-state index contributed by atoms with van der Waals surface area (Å²) in [5.74, 6) is 0.826. The van der Waals surface area contributed by atoms with Crippen molar-refractivity contribution in [2.45, 2.75) is 6.54 Å². The average molecular weight is 402 g/mol. The Kier molecular flexibility index (Phi) is 6.93. The molecule has 0 bridgehead atoms. The summed E-state index contributed by atoms with van der Waals surface area (Å²) in [6, 6.07) is 12.9. The molecule has 156 valence electrons. The maximum Gasteiger partial charge on any atom is 0.277 e. The second-order valence-electron chi connectivity index (χ2n) is 7.35. The minimum absolute atomic E-state index is 0.130. The molecule has 1 N–H and O–H groups in total. The van der Waals surface area contributed by atoms with E-state index in [0.717, 1.165) is 35.0 Å². The van der Waals surface area contributed by atoms with Gasteiger partial charge in [0, 0.05) is 37.4 Å². The number of carbonyl (C=O) groups excluding carboxylic acids is 1. The van der Waals surface area contributed by atoms with Crippen molar-refractivity contribution < 1.29 is 23.6 Å². The van der Waals surface area contributed by atoms with Crippen molar-refractivity contribution in [3.05, 3.63) is 53.8 Å². The standard InChI is InChI=1S/C22H28FN3O3/c1-24(15-17-4-9-21(29-3)20(23)14-17)16-22(27)26-12-10-25(11-13-26)18-5-7-19(28-2)8-6-18/h4-9,14H,10-13,15-16H2,1-3H3/p+1. The van der Waals surface area contributed by atoms with Crippen LogP contribution in [0.5, 0.6) is 11.5 Å². The number of likely N-dealkylation sites (N-methyl/N-ethyl adjacent to an activating group) is 1. The molecule has 1 atom stereocenters. The zero-order valence-corrected chi connectivity index (χ0v) is 17.3. The van der Waals surface area contributed by atoms with Crippen molar-refractivity contribution in [3.8, 4) is 11.5 Å². The number of benzene rings is 2. The number of nitrogens with zero attached hydrogens (tertiary/aromatic N) is 2. The molecule has 0 spiro atoms. The van der Waals surface area contributed by atoms with Crippen LogP contribution in [0.1, 0.15) is 5.56 Å². The Morgan fingerprint density at radius 2 is 1.72 bits per heavy atom. The van der Waals surface area contributed by atoms with Crippen molar-refractivity contribution in [1.29, 1.82) is 0 Å². The first-order valence-electron chi connectivity index (χ1n) is 9.80. The van der Waals surface area contributed by atoms with Crippen LogP contribution in [0.2, 0.25) is 0 Å². The van der Waals surface area contributed by atoms with Gasteiger partial charge in [-0.05, 0) is 42.5 Å². The number of anilines is 1. The predicted molar refractivity (Wildman–Crippen MR) is 110 cm³/mol. The van der Waals surface area contributed by atoms with Crippen LogP contribution >= 0.6 is 0 Å². The fraction of sp³-hybridized carbons (Fsp3) is 0.409. The normalized spacial score (nSPS) is 15.2. The molecule has 2 aromatic rings. The molecule has 2 aromatic carbocycles. The Hall–Kier alpha value is -2.80. The van der Waals surface area contributed by atoms with E-state index in [0.29, 0.717) is 26.2 Å². The van der Waals surface area contributed by atoms with Gasteiger partial charge in [-0.25, -0.2) is 4.39 Å². The third-order valence-electron chi connectivity index (χ3n) is 5.25. The van der Waals surface area contributed by atoms with Gasteiger partial charge in [0.25, 0.3) is 5.91 Å². The lowest BCUT2D eigenvalue weighted by atomic mass is 10.2. The SMILES string of the molecule is COc1ccc(N2CCN(C(=O)C[NH+](C)Cc3ccc(OC)c(F)c3)CC2)cc1. The molecule has 0 saturated carbocycles. The highest BCUT2D eigenvalue weighted by Gasteiger charge is 2.23. The second-order valence-corrected chi connectivity index (χ2v) is 7.35. The van der Waals surface area contributed by atoms with Crippen LogP contribution in [0, 0.1) is 5.82 Å². The van der Waals surface area contributed by atoms with Crippen LogP contribution in [0.3, 0.4) is 0 Å². The fourth-order valence-electron chi connectivity index (χ4n) is 3.61. The van der Waals surface area contributed by atoms with Crippen LogP contribution in [-0.4, -0.2) is 64.8 Å². The smallest absolute Gasteiger partial charge is 0.277 e. The average Bonchev–Trinajstić information content (AvgIpc) is 2.74. The summed E-state index contributed by atoms with van der Waals surface area (Å²) >= 11 is 0. The van der Waals surface area contributed by atoms with Crippen LogP contribution in [0.4, 0.5) is 10.1 Å². The summed E-state index contributed by atoms with van der Waals surface area (Å²) in [7, 11) is 5.06. The Morgan fingerprint density at radius 3 is 2.31 bits per heavy atom. The van der Waals surface area contributed by atoms with E-state index in [1.807, 2.05) is 42.3 Å². The van der Waals surface area contributed by atoms with E-state index in [4.69, 9.17) is 9.47 Å². The number of ether oxygens (including phenoxy) is 2. The molecule has 29 heavy (non-hydrogen) atoms. The quantitative estimate of drug-likeness (QED) is 0.756. The van der Waals surface area contributed by atoms with Gasteiger partial charge in [-0.3, -0.25) is 4.79 Å². The summed E-state index contributed by atoms with van der Waals surface area (Å²) < 4.78 is 24.0. The van der Waals surface area contributed by atoms with E-state index >= 15 is 0 Å². The van der Waals surface area contributed by atoms with Gasteiger partial charge in [-0.2, -0.15) is 0 Å². The number of carbonyl (C=O) groups is 1. The van der Waals surface area contributed by atoms with Crippen molar-refractivity contribution in [3.63, 3.8) is 0 Å². The second kappa shape index (κ2) is 9.60. The van der Waals surface area contributed by atoms with E-state index < -0.39 is 0 Å². The molecule has 3 rings (SSSR count). The first kappa shape index (κ1) is 20.9. The molecule has 1 saturated heterocycles. The van der Waals surface area contributed by atoms with Crippen LogP contribution in [0.25, 0.3) is 0 Å². The van der Waals surface area contributed by atoms with Gasteiger partial charge in [0.1, 0.15) is 12.3 Å². The molecule has 1 unspecified atom stereocenters. The van der Waals surface area contributed by atoms with Crippen LogP contribution < -0.4 is 19.3 Å². The number of amides is 1. The lowest BCUT2D eigenvalue weighted by Crippen LogP contribution is -3.09. The number of hydrogen-bond acceptors (Lipinski definition) is 4. The van der Waals surface area contributed by atoms with Crippen LogP contribution in [-0.2, 0) is 11.3 Å². The monoisotopic (exact) mass is 402 g/mol. The maximum atomic E-state index is 13.9. The van der Waals surface area contributed by atoms with Crippen molar-refractivity contribution in [2.24, 2.45) is 0 Å². The van der Waals surface area contributed by atoms with E-state index in [-0.39, 0.29) is 17.5 Å². The molecule has 0 aliphatic carbocycles. The molecule has 1 heterocycles. The molecule has 1 aliphatic rings. The predicted octanol–water partition coefficient (Wildman–Crippen LogP) is 1.21. The first-order valence-corrected chi connectivity index (χ1v) is 9.80. The molecule has 1 fully saturated rings. The summed E-state index contributed by atoms with van der Waals surface area (Å²) in [5, 5.41) is 0. The maximum absolute atomic E-state index is 13.9. The van der Waals surface area contributed by atoms with Crippen molar-refractivity contribution in [2.75, 3.05) is 58.9 Å². The summed E-state index contributed by atoms with van der Waals surface area (Å²) in [6.45, 7) is 3.99. The largest absolute Gasteiger partial charge is 0.497 e. The molecule has 7 heteroatoms. The molecular weight excluding hydrogens is 373 g/mol. The highest BCUT2D eigenvalue weighted by Crippen LogP contribution is 2.20. The first-order chi connectivity index (χ1) is 14.0. The van der Waals surface area contributed by atoms with Gasteiger partial charge in [0.05, 0.1) is 21.3 Å². The lowest BCUT2D eigenvalue weighted by Gasteiger charge is -2.36. The topological polar surface area (TPSA) is 46.5 Å². The zero-order valence-electron chi connectivity index (χ0n) is 17.3. The van der Waals surface area contributed by atoms with E-state index in [9.17, 15) is 9.18 Å². The number of methoxy groups -OCH3 is 2. The minimum atomic E-state index is -0.376. The number of halogens is 1. The highest BCUT2D eigenvalue weighted by atomic mass is 19.1. The fourth-order valence-corrected chi connectivity index (χ4v) is 3.61. The molecular formula is C22H29FN3O3+. The van der Waals surface area contributed by atoms with Gasteiger partial charge >= 0.3 is 0 Å². The van der Waals surface area contributed by atoms with Gasteiger partial charge < -0.3 is 24.2 Å². The number of hydrogen-bond donors (Lipinski definition) is 1. The number of quaternary nitrogens is 1. The molecule has 1 amide bonds. The molecule has 6 nitrogen and oxygen atoms in total. The van der Waals surface area contributed by atoms with E-state index in [2.05, 4.69) is 4.90 Å². The number of nitrogens with one attached hydrogen (secondary N) is 1. The van der Waals surface area contributed by atoms with E-state index in [1.54, 1.807) is 13.2 Å². The third kappa shape index (κ3) is 5.38. The molecule has 1 aliphatic heterocycles. The Bertz CT molecular complexity index is 821. The molecule has 0 aromatic heterocycles. The van der Waals surface area contributed by atoms with E-state index in [1.165, 1.54) is 13.2 Å². The highest BCUT2D eigenvalue weighted by molar-refractivity contribution is 5.77. The zero-order chi connectivity index (χ0) is 20.8.